The van der Waals surface area contributed by atoms with Gasteiger partial charge < -0.3 is 15.0 Å². The number of carbonyl (C=O) groups is 1. The SMILES string of the molecule is CC(C)COc1ccc(C(=O)N2Cc3ccccc3NCC[C@H]3CC[C@@H](C2)N3C(C)C)cc1. The molecule has 2 aromatic carbocycles. The molecule has 0 radical (unpaired) electrons. The number of amides is 1. The molecule has 1 fully saturated rings. The van der Waals surface area contributed by atoms with E-state index < -0.39 is 0 Å². The first-order valence-corrected chi connectivity index (χ1v) is 12.5. The Morgan fingerprint density at radius 2 is 1.73 bits per heavy atom. The zero-order valence-electron chi connectivity index (χ0n) is 20.6. The Morgan fingerprint density at radius 3 is 2.45 bits per heavy atom. The van der Waals surface area contributed by atoms with Crippen molar-refractivity contribution < 1.29 is 9.53 Å². The third-order valence-corrected chi connectivity index (χ3v) is 6.85. The van der Waals surface area contributed by atoms with E-state index in [-0.39, 0.29) is 5.91 Å². The molecule has 2 aromatic rings. The quantitative estimate of drug-likeness (QED) is 0.662. The molecule has 2 heterocycles. The lowest BCUT2D eigenvalue weighted by molar-refractivity contribution is 0.0634. The summed E-state index contributed by atoms with van der Waals surface area (Å²) < 4.78 is 5.82. The van der Waals surface area contributed by atoms with Gasteiger partial charge in [0.15, 0.2) is 0 Å². The summed E-state index contributed by atoms with van der Waals surface area (Å²) in [5.41, 5.74) is 3.04. The van der Waals surface area contributed by atoms with E-state index in [1.165, 1.54) is 12.0 Å². The van der Waals surface area contributed by atoms with Crippen molar-refractivity contribution in [1.29, 1.82) is 0 Å². The molecule has 1 amide bonds. The molecule has 2 atom stereocenters. The minimum Gasteiger partial charge on any atom is -0.493 e. The zero-order valence-corrected chi connectivity index (χ0v) is 20.6. The summed E-state index contributed by atoms with van der Waals surface area (Å²) in [5, 5.41) is 3.65. The number of fused-ring (bicyclic) bond motifs is 3. The van der Waals surface area contributed by atoms with E-state index in [1.54, 1.807) is 0 Å². The number of carbonyl (C=O) groups excluding carboxylic acids is 1. The highest BCUT2D eigenvalue weighted by Gasteiger charge is 2.37. The molecule has 2 bridgehead atoms. The molecule has 0 saturated carbocycles. The number of nitrogens with zero attached hydrogens (tertiary/aromatic N) is 2. The minimum atomic E-state index is 0.0895. The van der Waals surface area contributed by atoms with Crippen LogP contribution in [-0.4, -0.2) is 53.5 Å². The number of hydrogen-bond acceptors (Lipinski definition) is 4. The van der Waals surface area contributed by atoms with Crippen LogP contribution in [0.25, 0.3) is 0 Å². The van der Waals surface area contributed by atoms with Gasteiger partial charge in [0.1, 0.15) is 5.75 Å². The largest absolute Gasteiger partial charge is 0.493 e. The number of rotatable bonds is 5. The van der Waals surface area contributed by atoms with Crippen LogP contribution in [0, 0.1) is 5.92 Å². The number of ether oxygens (including phenoxy) is 1. The summed E-state index contributed by atoms with van der Waals surface area (Å²) in [6, 6.07) is 17.5. The van der Waals surface area contributed by atoms with E-state index in [0.717, 1.165) is 42.9 Å². The number of para-hydroxylation sites is 1. The summed E-state index contributed by atoms with van der Waals surface area (Å²) in [6.07, 6.45) is 3.49. The third-order valence-electron chi connectivity index (χ3n) is 6.85. The van der Waals surface area contributed by atoms with Crippen LogP contribution >= 0.6 is 0 Å². The number of benzene rings is 2. The predicted octanol–water partition coefficient (Wildman–Crippen LogP) is 5.42. The average molecular weight is 450 g/mol. The maximum absolute atomic E-state index is 13.7. The fourth-order valence-electron chi connectivity index (χ4n) is 5.33. The molecule has 178 valence electrons. The van der Waals surface area contributed by atoms with Gasteiger partial charge in [0.05, 0.1) is 6.61 Å². The summed E-state index contributed by atoms with van der Waals surface area (Å²) in [6.45, 7) is 11.8. The minimum absolute atomic E-state index is 0.0895. The van der Waals surface area contributed by atoms with Crippen LogP contribution in [0.2, 0.25) is 0 Å². The predicted molar refractivity (Wildman–Crippen MR) is 135 cm³/mol. The normalized spacial score (nSPS) is 21.5. The second-order valence-corrected chi connectivity index (χ2v) is 10.2. The van der Waals surface area contributed by atoms with Crippen LogP contribution in [0.1, 0.15) is 62.9 Å². The van der Waals surface area contributed by atoms with E-state index in [4.69, 9.17) is 4.74 Å². The molecule has 2 aliphatic heterocycles. The number of nitrogens with one attached hydrogen (secondary N) is 1. The molecule has 1 N–H and O–H groups in total. The molecule has 0 aliphatic carbocycles. The van der Waals surface area contributed by atoms with Crippen LogP contribution in [-0.2, 0) is 6.54 Å². The standard InChI is InChI=1S/C28H39N3O2/c1-20(2)19-33-26-13-9-22(10-14-26)28(32)30-17-23-7-5-6-8-27(23)29-16-15-24-11-12-25(18-30)31(24)21(3)4/h5-10,13-14,20-21,24-25,29H,11-12,15-19H2,1-4H3/t24-,25+/m1/s1. The van der Waals surface area contributed by atoms with Crippen molar-refractivity contribution in [3.05, 3.63) is 59.7 Å². The molecule has 5 heteroatoms. The lowest BCUT2D eigenvalue weighted by Crippen LogP contribution is -2.48. The van der Waals surface area contributed by atoms with Gasteiger partial charge in [-0.25, -0.2) is 0 Å². The second-order valence-electron chi connectivity index (χ2n) is 10.2. The number of anilines is 1. The van der Waals surface area contributed by atoms with E-state index in [2.05, 4.69) is 67.1 Å². The number of hydrogen-bond donors (Lipinski definition) is 1. The van der Waals surface area contributed by atoms with Crippen molar-refractivity contribution in [3.8, 4) is 5.75 Å². The Kier molecular flexibility index (Phi) is 7.59. The van der Waals surface area contributed by atoms with Gasteiger partial charge in [-0.15, -0.1) is 0 Å². The van der Waals surface area contributed by atoms with Gasteiger partial charge >= 0.3 is 0 Å². The highest BCUT2D eigenvalue weighted by molar-refractivity contribution is 5.94. The van der Waals surface area contributed by atoms with Crippen LogP contribution in [0.3, 0.4) is 0 Å². The van der Waals surface area contributed by atoms with Crippen molar-refractivity contribution in [1.82, 2.24) is 9.80 Å². The molecule has 4 rings (SSSR count). The third kappa shape index (κ3) is 5.70. The lowest BCUT2D eigenvalue weighted by Gasteiger charge is -2.36. The monoisotopic (exact) mass is 449 g/mol. The molecular weight excluding hydrogens is 410 g/mol. The topological polar surface area (TPSA) is 44.8 Å². The maximum atomic E-state index is 13.7. The smallest absolute Gasteiger partial charge is 0.254 e. The molecule has 5 nitrogen and oxygen atoms in total. The fraction of sp³-hybridized carbons (Fsp3) is 0.536. The van der Waals surface area contributed by atoms with Gasteiger partial charge in [0, 0.05) is 49.0 Å². The van der Waals surface area contributed by atoms with Crippen LogP contribution in [0.15, 0.2) is 48.5 Å². The van der Waals surface area contributed by atoms with Gasteiger partial charge in [0.25, 0.3) is 5.91 Å². The van der Waals surface area contributed by atoms with Gasteiger partial charge in [-0.05, 0) is 74.9 Å². The van der Waals surface area contributed by atoms with Crippen molar-refractivity contribution >= 4 is 11.6 Å². The Bertz CT molecular complexity index is 925. The summed E-state index contributed by atoms with van der Waals surface area (Å²) in [7, 11) is 0. The summed E-state index contributed by atoms with van der Waals surface area (Å²) in [4.78, 5) is 18.4. The van der Waals surface area contributed by atoms with E-state index in [9.17, 15) is 4.79 Å². The Labute approximate surface area is 199 Å². The maximum Gasteiger partial charge on any atom is 0.254 e. The fourth-order valence-corrected chi connectivity index (χ4v) is 5.33. The second kappa shape index (κ2) is 10.6. The van der Waals surface area contributed by atoms with Crippen molar-refractivity contribution in [3.63, 3.8) is 0 Å². The Morgan fingerprint density at radius 1 is 1.00 bits per heavy atom. The first kappa shape index (κ1) is 23.6. The molecule has 2 aliphatic rings. The summed E-state index contributed by atoms with van der Waals surface area (Å²) in [5.74, 6) is 1.38. The molecule has 1 saturated heterocycles. The Hall–Kier alpha value is -2.53. The lowest BCUT2D eigenvalue weighted by atomic mass is 10.1. The Balaban J connectivity index is 1.60. The van der Waals surface area contributed by atoms with Gasteiger partial charge in [-0.1, -0.05) is 32.0 Å². The highest BCUT2D eigenvalue weighted by atomic mass is 16.5. The van der Waals surface area contributed by atoms with Gasteiger partial charge in [-0.2, -0.15) is 0 Å². The van der Waals surface area contributed by atoms with Crippen molar-refractivity contribution in [2.75, 3.05) is 25.0 Å². The van der Waals surface area contributed by atoms with Gasteiger partial charge in [0.2, 0.25) is 0 Å². The highest BCUT2D eigenvalue weighted by Crippen LogP contribution is 2.31. The van der Waals surface area contributed by atoms with Crippen LogP contribution < -0.4 is 10.1 Å². The first-order valence-electron chi connectivity index (χ1n) is 12.5. The summed E-state index contributed by atoms with van der Waals surface area (Å²) >= 11 is 0. The molecular formula is C28H39N3O2. The van der Waals surface area contributed by atoms with E-state index in [0.29, 0.717) is 37.2 Å². The molecule has 0 aromatic heterocycles. The van der Waals surface area contributed by atoms with E-state index in [1.807, 2.05) is 24.3 Å². The zero-order chi connectivity index (χ0) is 23.4. The molecule has 0 unspecified atom stereocenters. The van der Waals surface area contributed by atoms with E-state index >= 15 is 0 Å². The first-order chi connectivity index (χ1) is 15.9. The van der Waals surface area contributed by atoms with Gasteiger partial charge in [-0.3, -0.25) is 9.69 Å². The van der Waals surface area contributed by atoms with Crippen LogP contribution in [0.4, 0.5) is 5.69 Å². The average Bonchev–Trinajstić information content (AvgIpc) is 3.19. The van der Waals surface area contributed by atoms with Crippen molar-refractivity contribution in [2.45, 2.75) is 71.6 Å². The molecule has 33 heavy (non-hydrogen) atoms. The molecule has 0 spiro atoms. The van der Waals surface area contributed by atoms with Crippen molar-refractivity contribution in [2.24, 2.45) is 5.92 Å². The van der Waals surface area contributed by atoms with Crippen LogP contribution in [0.5, 0.6) is 5.75 Å².